The highest BCUT2D eigenvalue weighted by atomic mass is 14.4. The van der Waals surface area contributed by atoms with Crippen molar-refractivity contribution in [2.24, 2.45) is 0 Å². The fourth-order valence-electron chi connectivity index (χ4n) is 9.27. The molecule has 0 bridgehead atoms. The van der Waals surface area contributed by atoms with E-state index in [2.05, 4.69) is 208 Å². The van der Waals surface area contributed by atoms with Gasteiger partial charge >= 0.3 is 0 Å². The first-order valence-electron chi connectivity index (χ1n) is 19.3. The van der Waals surface area contributed by atoms with Crippen LogP contribution in [0.5, 0.6) is 0 Å². The summed E-state index contributed by atoms with van der Waals surface area (Å²) in [5.74, 6) is 0. The van der Waals surface area contributed by atoms with Crippen molar-refractivity contribution >= 4 is 32.3 Å². The molecular formula is C55H38. The van der Waals surface area contributed by atoms with Crippen LogP contribution in [0.15, 0.2) is 194 Å². The Morgan fingerprint density at radius 2 is 0.673 bits per heavy atom. The smallest absolute Gasteiger partial charge is 0.0159 e. The predicted octanol–water partition coefficient (Wildman–Crippen LogP) is 15.2. The lowest BCUT2D eigenvalue weighted by atomic mass is 9.81. The van der Waals surface area contributed by atoms with Crippen LogP contribution in [0.3, 0.4) is 0 Å². The van der Waals surface area contributed by atoms with Crippen molar-refractivity contribution in [2.45, 2.75) is 19.3 Å². The van der Waals surface area contributed by atoms with Crippen LogP contribution in [-0.4, -0.2) is 0 Å². The van der Waals surface area contributed by atoms with E-state index in [-0.39, 0.29) is 5.41 Å². The molecule has 0 radical (unpaired) electrons. The van der Waals surface area contributed by atoms with Crippen LogP contribution in [0.25, 0.3) is 99.1 Å². The summed E-state index contributed by atoms with van der Waals surface area (Å²) >= 11 is 0. The first kappa shape index (κ1) is 31.7. The highest BCUT2D eigenvalue weighted by Gasteiger charge is 2.35. The van der Waals surface area contributed by atoms with Gasteiger partial charge in [-0.25, -0.2) is 0 Å². The zero-order chi connectivity index (χ0) is 36.7. The summed E-state index contributed by atoms with van der Waals surface area (Å²) in [5.41, 5.74) is 17.7. The largest absolute Gasteiger partial charge is 0.0622 e. The highest BCUT2D eigenvalue weighted by Crippen LogP contribution is 2.50. The van der Waals surface area contributed by atoms with Gasteiger partial charge in [0.05, 0.1) is 0 Å². The molecule has 11 rings (SSSR count). The molecule has 0 nitrogen and oxygen atoms in total. The standard InChI is InChI=1S/C55H38/c1-55(2)51-14-7-6-13-49(51)50-28-27-42(34-52(50)55)48-32-46(38-17-15-36(16-18-38)35-9-4-3-5-10-35)31-47(33-48)39-21-19-37(20-22-39)45-29-43-25-23-40-11-8-12-41-24-26-44(30-45)54(43)53(40)41/h3-34H,1-2H3. The third-order valence-corrected chi connectivity index (χ3v) is 12.2. The molecule has 0 N–H and O–H groups in total. The molecule has 0 aliphatic heterocycles. The van der Waals surface area contributed by atoms with Crippen molar-refractivity contribution in [3.63, 3.8) is 0 Å². The van der Waals surface area contributed by atoms with Gasteiger partial charge in [0.2, 0.25) is 0 Å². The van der Waals surface area contributed by atoms with Crippen molar-refractivity contribution in [3.05, 3.63) is 205 Å². The maximum Gasteiger partial charge on any atom is 0.0159 e. The van der Waals surface area contributed by atoms with Crippen LogP contribution < -0.4 is 0 Å². The van der Waals surface area contributed by atoms with E-state index in [1.807, 2.05) is 0 Å². The summed E-state index contributed by atoms with van der Waals surface area (Å²) in [6.07, 6.45) is 0. The fraction of sp³-hybridized carbons (Fsp3) is 0.0545. The van der Waals surface area contributed by atoms with Crippen molar-refractivity contribution in [1.82, 2.24) is 0 Å². The van der Waals surface area contributed by atoms with Gasteiger partial charge in [-0.2, -0.15) is 0 Å². The lowest BCUT2D eigenvalue weighted by molar-refractivity contribution is 0.660. The number of hydrogen-bond donors (Lipinski definition) is 0. The average molecular weight is 699 g/mol. The van der Waals surface area contributed by atoms with Crippen LogP contribution in [-0.2, 0) is 5.41 Å². The van der Waals surface area contributed by atoms with Gasteiger partial charge in [-0.3, -0.25) is 0 Å². The quantitative estimate of drug-likeness (QED) is 0.157. The Balaban J connectivity index is 1.01. The van der Waals surface area contributed by atoms with Gasteiger partial charge in [-0.1, -0.05) is 172 Å². The summed E-state index contributed by atoms with van der Waals surface area (Å²) in [6, 6.07) is 72.3. The van der Waals surface area contributed by atoms with Crippen molar-refractivity contribution < 1.29 is 0 Å². The Morgan fingerprint density at radius 1 is 0.255 bits per heavy atom. The summed E-state index contributed by atoms with van der Waals surface area (Å²) in [4.78, 5) is 0. The summed E-state index contributed by atoms with van der Waals surface area (Å²) < 4.78 is 0. The Labute approximate surface area is 322 Å². The molecule has 0 atom stereocenters. The molecule has 0 heteroatoms. The highest BCUT2D eigenvalue weighted by molar-refractivity contribution is 6.23. The molecule has 10 aromatic carbocycles. The maximum absolute atomic E-state index is 2.44. The second-order valence-corrected chi connectivity index (χ2v) is 15.8. The van der Waals surface area contributed by atoms with Crippen LogP contribution >= 0.6 is 0 Å². The van der Waals surface area contributed by atoms with E-state index in [0.717, 1.165) is 0 Å². The molecule has 0 saturated heterocycles. The van der Waals surface area contributed by atoms with Crippen LogP contribution in [0.1, 0.15) is 25.0 Å². The Kier molecular flexibility index (Phi) is 7.00. The maximum atomic E-state index is 2.44. The van der Waals surface area contributed by atoms with Crippen molar-refractivity contribution in [2.75, 3.05) is 0 Å². The molecule has 1 aliphatic carbocycles. The van der Waals surface area contributed by atoms with Gasteiger partial charge in [-0.05, 0) is 147 Å². The van der Waals surface area contributed by atoms with E-state index in [1.54, 1.807) is 0 Å². The van der Waals surface area contributed by atoms with Gasteiger partial charge in [-0.15, -0.1) is 0 Å². The second kappa shape index (κ2) is 12.1. The van der Waals surface area contributed by atoms with E-state index in [0.29, 0.717) is 0 Å². The zero-order valence-corrected chi connectivity index (χ0v) is 31.0. The third kappa shape index (κ3) is 5.13. The average Bonchev–Trinajstić information content (AvgIpc) is 3.48. The Hall–Kier alpha value is -6.76. The third-order valence-electron chi connectivity index (χ3n) is 12.2. The molecule has 0 amide bonds. The molecular weight excluding hydrogens is 661 g/mol. The minimum atomic E-state index is -0.0576. The molecule has 55 heavy (non-hydrogen) atoms. The molecule has 10 aromatic rings. The predicted molar refractivity (Wildman–Crippen MR) is 235 cm³/mol. The van der Waals surface area contributed by atoms with Crippen LogP contribution in [0, 0.1) is 0 Å². The molecule has 0 spiro atoms. The first-order valence-corrected chi connectivity index (χ1v) is 19.3. The van der Waals surface area contributed by atoms with Gasteiger partial charge in [0.1, 0.15) is 0 Å². The topological polar surface area (TPSA) is 0 Å². The number of benzene rings is 10. The molecule has 0 unspecified atom stereocenters. The van der Waals surface area contributed by atoms with E-state index in [1.165, 1.54) is 110 Å². The molecule has 0 aromatic heterocycles. The normalized spacial score (nSPS) is 13.1. The summed E-state index contributed by atoms with van der Waals surface area (Å²) in [7, 11) is 0. The van der Waals surface area contributed by atoms with E-state index < -0.39 is 0 Å². The van der Waals surface area contributed by atoms with Crippen LogP contribution in [0.4, 0.5) is 0 Å². The van der Waals surface area contributed by atoms with Gasteiger partial charge in [0, 0.05) is 5.41 Å². The molecule has 258 valence electrons. The summed E-state index contributed by atoms with van der Waals surface area (Å²) in [5, 5.41) is 7.90. The van der Waals surface area contributed by atoms with Gasteiger partial charge < -0.3 is 0 Å². The number of fused-ring (bicyclic) bond motifs is 3. The van der Waals surface area contributed by atoms with E-state index in [4.69, 9.17) is 0 Å². The first-order chi connectivity index (χ1) is 27.0. The minimum absolute atomic E-state index is 0.0576. The molecule has 0 saturated carbocycles. The SMILES string of the molecule is CC1(C)c2ccccc2-c2ccc(-c3cc(-c4ccc(-c5ccccc5)cc4)cc(-c4ccc(-c5cc6ccc7cccc8ccc(c5)c6c78)cc4)c3)cc21. The van der Waals surface area contributed by atoms with Crippen molar-refractivity contribution in [3.8, 4) is 66.8 Å². The monoisotopic (exact) mass is 698 g/mol. The second-order valence-electron chi connectivity index (χ2n) is 15.8. The Bertz CT molecular complexity index is 3010. The molecule has 1 aliphatic rings. The lowest BCUT2D eigenvalue weighted by Gasteiger charge is -2.22. The minimum Gasteiger partial charge on any atom is -0.0622 e. The molecule has 0 heterocycles. The van der Waals surface area contributed by atoms with Crippen molar-refractivity contribution in [1.29, 1.82) is 0 Å². The zero-order valence-electron chi connectivity index (χ0n) is 31.0. The molecule has 0 fully saturated rings. The van der Waals surface area contributed by atoms with Gasteiger partial charge in [0.15, 0.2) is 0 Å². The van der Waals surface area contributed by atoms with E-state index >= 15 is 0 Å². The fourth-order valence-corrected chi connectivity index (χ4v) is 9.27. The number of rotatable bonds is 5. The van der Waals surface area contributed by atoms with Gasteiger partial charge in [0.25, 0.3) is 0 Å². The Morgan fingerprint density at radius 3 is 1.27 bits per heavy atom. The van der Waals surface area contributed by atoms with E-state index in [9.17, 15) is 0 Å². The summed E-state index contributed by atoms with van der Waals surface area (Å²) in [6.45, 7) is 4.72. The number of hydrogen-bond acceptors (Lipinski definition) is 0. The lowest BCUT2D eigenvalue weighted by Crippen LogP contribution is -2.14. The van der Waals surface area contributed by atoms with Crippen LogP contribution in [0.2, 0.25) is 0 Å².